The van der Waals surface area contributed by atoms with Gasteiger partial charge in [0.15, 0.2) is 5.78 Å². The largest absolute Gasteiger partial charge is 0.294 e. The fourth-order valence-corrected chi connectivity index (χ4v) is 2.47. The van der Waals surface area contributed by atoms with Crippen molar-refractivity contribution in [3.8, 4) is 0 Å². The number of rotatable bonds is 4. The number of carbonyl (C=O) groups excluding carboxylic acids is 1. The smallest absolute Gasteiger partial charge is 0.167 e. The van der Waals surface area contributed by atoms with E-state index in [0.717, 1.165) is 11.1 Å². The molecule has 92 valence electrons. The number of ketones is 1. The van der Waals surface area contributed by atoms with Crippen LogP contribution in [0.2, 0.25) is 0 Å². The zero-order valence-corrected chi connectivity index (χ0v) is 11.8. The highest BCUT2D eigenvalue weighted by molar-refractivity contribution is 9.09. The average Bonchev–Trinajstić information content (AvgIpc) is 2.47. The number of hydrogen-bond acceptors (Lipinski definition) is 1. The van der Waals surface area contributed by atoms with Gasteiger partial charge >= 0.3 is 0 Å². The zero-order valence-electron chi connectivity index (χ0n) is 10.2. The molecule has 0 saturated heterocycles. The van der Waals surface area contributed by atoms with E-state index in [2.05, 4.69) is 15.9 Å². The molecule has 0 saturated carbocycles. The third kappa shape index (κ3) is 2.88. The van der Waals surface area contributed by atoms with Gasteiger partial charge in [-0.1, -0.05) is 83.5 Å². The Balaban J connectivity index is 2.17. The molecule has 2 aromatic carbocycles. The predicted octanol–water partition coefficient (Wildman–Crippen LogP) is 4.64. The highest BCUT2D eigenvalue weighted by atomic mass is 79.9. The lowest BCUT2D eigenvalue weighted by Crippen LogP contribution is -2.16. The van der Waals surface area contributed by atoms with E-state index in [9.17, 15) is 4.79 Å². The third-order valence-electron chi connectivity index (χ3n) is 3.03. The number of alkyl halides is 1. The molecular formula is C16H15BrO. The molecule has 0 amide bonds. The van der Waals surface area contributed by atoms with E-state index in [1.54, 1.807) is 0 Å². The van der Waals surface area contributed by atoms with Crippen molar-refractivity contribution < 1.29 is 4.79 Å². The van der Waals surface area contributed by atoms with Crippen molar-refractivity contribution in [2.45, 2.75) is 11.8 Å². The lowest BCUT2D eigenvalue weighted by Gasteiger charge is -2.17. The Hall–Kier alpha value is -1.41. The summed E-state index contributed by atoms with van der Waals surface area (Å²) in [5, 5.41) is 0. The zero-order chi connectivity index (χ0) is 13.0. The van der Waals surface area contributed by atoms with Crippen LogP contribution < -0.4 is 0 Å². The summed E-state index contributed by atoms with van der Waals surface area (Å²) in [6.07, 6.45) is 0. The van der Waals surface area contributed by atoms with Crippen molar-refractivity contribution in [2.75, 3.05) is 0 Å². The van der Waals surface area contributed by atoms with E-state index in [1.165, 1.54) is 0 Å². The maximum atomic E-state index is 12.3. The second-order valence-corrected chi connectivity index (χ2v) is 5.32. The van der Waals surface area contributed by atoms with Crippen LogP contribution in [0.3, 0.4) is 0 Å². The van der Waals surface area contributed by atoms with Crippen molar-refractivity contribution in [1.29, 1.82) is 0 Å². The van der Waals surface area contributed by atoms with Crippen molar-refractivity contribution >= 4 is 21.7 Å². The molecule has 0 N–H and O–H groups in total. The number of benzene rings is 2. The van der Waals surface area contributed by atoms with E-state index >= 15 is 0 Å². The van der Waals surface area contributed by atoms with Gasteiger partial charge in [-0.3, -0.25) is 4.79 Å². The first-order valence-electron chi connectivity index (χ1n) is 5.98. The SMILES string of the molecule is CC(C(=O)c1ccccc1)C(Br)c1ccccc1. The Morgan fingerprint density at radius 1 is 0.944 bits per heavy atom. The number of halogens is 1. The fourth-order valence-electron chi connectivity index (χ4n) is 1.92. The van der Waals surface area contributed by atoms with Gasteiger partial charge in [0.05, 0.1) is 0 Å². The Kier molecular flexibility index (Phi) is 4.32. The van der Waals surface area contributed by atoms with Crippen LogP contribution in [0.4, 0.5) is 0 Å². The minimum atomic E-state index is -0.0881. The Morgan fingerprint density at radius 3 is 2.00 bits per heavy atom. The summed E-state index contributed by atoms with van der Waals surface area (Å²) in [7, 11) is 0. The quantitative estimate of drug-likeness (QED) is 0.594. The molecule has 0 radical (unpaired) electrons. The minimum Gasteiger partial charge on any atom is -0.294 e. The first kappa shape index (κ1) is 13.0. The molecule has 2 aromatic rings. The van der Waals surface area contributed by atoms with Crippen LogP contribution in [0, 0.1) is 5.92 Å². The average molecular weight is 303 g/mol. The van der Waals surface area contributed by atoms with Gasteiger partial charge < -0.3 is 0 Å². The second kappa shape index (κ2) is 5.96. The topological polar surface area (TPSA) is 17.1 Å². The summed E-state index contributed by atoms with van der Waals surface area (Å²) < 4.78 is 0. The highest BCUT2D eigenvalue weighted by Crippen LogP contribution is 2.32. The van der Waals surface area contributed by atoms with E-state index in [0.29, 0.717) is 0 Å². The molecule has 2 heteroatoms. The molecule has 0 aromatic heterocycles. The predicted molar refractivity (Wildman–Crippen MR) is 78.0 cm³/mol. The molecule has 0 heterocycles. The lowest BCUT2D eigenvalue weighted by atomic mass is 9.93. The Labute approximate surface area is 116 Å². The lowest BCUT2D eigenvalue weighted by molar-refractivity contribution is 0.0929. The molecule has 2 unspecified atom stereocenters. The van der Waals surface area contributed by atoms with Gasteiger partial charge in [-0.2, -0.15) is 0 Å². The number of carbonyl (C=O) groups is 1. The molecule has 1 nitrogen and oxygen atoms in total. The molecule has 2 atom stereocenters. The summed E-state index contributed by atoms with van der Waals surface area (Å²) in [5.74, 6) is 0.0797. The summed E-state index contributed by atoms with van der Waals surface area (Å²) in [6, 6.07) is 19.5. The van der Waals surface area contributed by atoms with Crippen LogP contribution in [-0.2, 0) is 0 Å². The van der Waals surface area contributed by atoms with Gasteiger partial charge in [-0.15, -0.1) is 0 Å². The summed E-state index contributed by atoms with van der Waals surface area (Å²) in [4.78, 5) is 12.4. The molecule has 0 aliphatic rings. The van der Waals surface area contributed by atoms with Crippen LogP contribution in [0.25, 0.3) is 0 Å². The van der Waals surface area contributed by atoms with Gasteiger partial charge in [0.2, 0.25) is 0 Å². The van der Waals surface area contributed by atoms with E-state index in [-0.39, 0.29) is 16.5 Å². The number of Topliss-reactive ketones (excluding diaryl/α,β-unsaturated/α-hetero) is 1. The fraction of sp³-hybridized carbons (Fsp3) is 0.188. The van der Waals surface area contributed by atoms with Crippen molar-refractivity contribution in [3.63, 3.8) is 0 Å². The van der Waals surface area contributed by atoms with Crippen LogP contribution in [0.1, 0.15) is 27.7 Å². The highest BCUT2D eigenvalue weighted by Gasteiger charge is 2.23. The minimum absolute atomic E-state index is 0.0476. The summed E-state index contributed by atoms with van der Waals surface area (Å²) in [6.45, 7) is 1.96. The first-order chi connectivity index (χ1) is 8.70. The normalized spacial score (nSPS) is 13.9. The van der Waals surface area contributed by atoms with Gasteiger partial charge in [0.1, 0.15) is 0 Å². The Bertz CT molecular complexity index is 507. The van der Waals surface area contributed by atoms with Gasteiger partial charge in [0, 0.05) is 16.3 Å². The molecule has 18 heavy (non-hydrogen) atoms. The van der Waals surface area contributed by atoms with Gasteiger partial charge in [0.25, 0.3) is 0 Å². The maximum absolute atomic E-state index is 12.3. The summed E-state index contributed by atoms with van der Waals surface area (Å²) in [5.41, 5.74) is 1.90. The van der Waals surface area contributed by atoms with Gasteiger partial charge in [-0.05, 0) is 5.56 Å². The van der Waals surface area contributed by atoms with E-state index in [1.807, 2.05) is 67.6 Å². The Morgan fingerprint density at radius 2 is 1.44 bits per heavy atom. The molecule has 0 fully saturated rings. The van der Waals surface area contributed by atoms with Crippen molar-refractivity contribution in [3.05, 3.63) is 71.8 Å². The molecule has 0 aliphatic carbocycles. The van der Waals surface area contributed by atoms with Crippen molar-refractivity contribution in [2.24, 2.45) is 5.92 Å². The molecule has 0 bridgehead atoms. The standard InChI is InChI=1S/C16H15BrO/c1-12(15(17)13-8-4-2-5-9-13)16(18)14-10-6-3-7-11-14/h2-12,15H,1H3. The van der Waals surface area contributed by atoms with Crippen LogP contribution in [-0.4, -0.2) is 5.78 Å². The van der Waals surface area contributed by atoms with E-state index < -0.39 is 0 Å². The monoisotopic (exact) mass is 302 g/mol. The van der Waals surface area contributed by atoms with Crippen molar-refractivity contribution in [1.82, 2.24) is 0 Å². The second-order valence-electron chi connectivity index (χ2n) is 4.33. The first-order valence-corrected chi connectivity index (χ1v) is 6.90. The van der Waals surface area contributed by atoms with Gasteiger partial charge in [-0.25, -0.2) is 0 Å². The molecule has 2 rings (SSSR count). The molecular weight excluding hydrogens is 288 g/mol. The van der Waals surface area contributed by atoms with Crippen LogP contribution in [0.5, 0.6) is 0 Å². The summed E-state index contributed by atoms with van der Waals surface area (Å²) >= 11 is 3.63. The van der Waals surface area contributed by atoms with Crippen LogP contribution >= 0.6 is 15.9 Å². The van der Waals surface area contributed by atoms with E-state index in [4.69, 9.17) is 0 Å². The maximum Gasteiger partial charge on any atom is 0.167 e. The number of hydrogen-bond donors (Lipinski definition) is 0. The molecule has 0 aliphatic heterocycles. The molecule has 0 spiro atoms. The third-order valence-corrected chi connectivity index (χ3v) is 4.35. The van der Waals surface area contributed by atoms with Crippen LogP contribution in [0.15, 0.2) is 60.7 Å².